The van der Waals surface area contributed by atoms with E-state index in [9.17, 15) is 18.0 Å². The Labute approximate surface area is 95.1 Å². The molecule has 0 saturated carbocycles. The van der Waals surface area contributed by atoms with E-state index in [-0.39, 0.29) is 10.6 Å². The summed E-state index contributed by atoms with van der Waals surface area (Å²) in [5.41, 5.74) is 0.0300. The topological polar surface area (TPSA) is 55.7 Å². The van der Waals surface area contributed by atoms with Gasteiger partial charge in [0.15, 0.2) is 5.01 Å². The third-order valence-corrected chi connectivity index (χ3v) is 3.08. The Morgan fingerprint density at radius 3 is 2.56 bits per heavy atom. The van der Waals surface area contributed by atoms with E-state index < -0.39 is 17.0 Å². The predicted molar refractivity (Wildman–Crippen MR) is 50.5 cm³/mol. The summed E-state index contributed by atoms with van der Waals surface area (Å²) in [6, 6.07) is 0. The van der Waals surface area contributed by atoms with Crippen molar-refractivity contribution in [3.05, 3.63) is 28.0 Å². The normalized spacial score (nSPS) is 11.7. The van der Waals surface area contributed by atoms with Crippen molar-refractivity contribution in [1.29, 1.82) is 0 Å². The van der Waals surface area contributed by atoms with Gasteiger partial charge in [0, 0.05) is 6.20 Å². The molecule has 84 valence electrons. The van der Waals surface area contributed by atoms with Gasteiger partial charge in [-0.2, -0.15) is 21.9 Å². The minimum Gasteiger partial charge on any atom is -0.286 e. The second kappa shape index (κ2) is 3.91. The number of aromatic nitrogens is 3. The molecule has 16 heavy (non-hydrogen) atoms. The highest BCUT2D eigenvalue weighted by atomic mass is 32.1. The third kappa shape index (κ3) is 2.09. The first-order valence-corrected chi connectivity index (χ1v) is 5.38. The van der Waals surface area contributed by atoms with Crippen molar-refractivity contribution >= 4 is 28.8 Å². The number of halogens is 3. The summed E-state index contributed by atoms with van der Waals surface area (Å²) in [6.45, 7) is 0. The van der Waals surface area contributed by atoms with E-state index in [4.69, 9.17) is 0 Å². The number of nitrogens with zero attached hydrogens (tertiary/aromatic N) is 3. The SMILES string of the molecule is O=C(c1cnsn1)c1cnc(C(F)(F)F)s1. The Morgan fingerprint density at radius 1 is 1.31 bits per heavy atom. The average molecular weight is 265 g/mol. The van der Waals surface area contributed by atoms with Crippen LogP contribution < -0.4 is 0 Å². The van der Waals surface area contributed by atoms with Crippen molar-refractivity contribution in [2.75, 3.05) is 0 Å². The molecule has 0 fully saturated rings. The van der Waals surface area contributed by atoms with Crippen molar-refractivity contribution in [2.24, 2.45) is 0 Å². The summed E-state index contributed by atoms with van der Waals surface area (Å²) in [5, 5.41) is -1.04. The van der Waals surface area contributed by atoms with Gasteiger partial charge in [0.05, 0.1) is 22.8 Å². The number of carbonyl (C=O) groups is 1. The molecule has 2 heterocycles. The maximum atomic E-state index is 12.2. The van der Waals surface area contributed by atoms with Crippen LogP contribution >= 0.6 is 23.1 Å². The average Bonchev–Trinajstić information content (AvgIpc) is 2.87. The van der Waals surface area contributed by atoms with Gasteiger partial charge in [-0.05, 0) is 0 Å². The Kier molecular flexibility index (Phi) is 2.72. The molecule has 0 aliphatic rings. The van der Waals surface area contributed by atoms with Crippen LogP contribution in [0, 0.1) is 0 Å². The molecule has 2 aromatic rings. The number of rotatable bonds is 2. The van der Waals surface area contributed by atoms with Gasteiger partial charge in [0.2, 0.25) is 5.78 Å². The zero-order chi connectivity index (χ0) is 11.8. The summed E-state index contributed by atoms with van der Waals surface area (Å²) in [5.74, 6) is -0.596. The van der Waals surface area contributed by atoms with Gasteiger partial charge >= 0.3 is 6.18 Å². The van der Waals surface area contributed by atoms with Crippen LogP contribution in [0.25, 0.3) is 0 Å². The monoisotopic (exact) mass is 265 g/mol. The number of carbonyl (C=O) groups excluding carboxylic acids is 1. The van der Waals surface area contributed by atoms with E-state index in [2.05, 4.69) is 13.7 Å². The van der Waals surface area contributed by atoms with E-state index in [1.54, 1.807) is 0 Å². The lowest BCUT2D eigenvalue weighted by Gasteiger charge is -1.98. The number of hydrogen-bond acceptors (Lipinski definition) is 6. The fourth-order valence-electron chi connectivity index (χ4n) is 0.901. The minimum absolute atomic E-state index is 0.0300. The largest absolute Gasteiger partial charge is 0.443 e. The van der Waals surface area contributed by atoms with Gasteiger partial charge in [-0.15, -0.1) is 11.3 Å². The first-order chi connectivity index (χ1) is 7.48. The lowest BCUT2D eigenvalue weighted by molar-refractivity contribution is -0.137. The molecule has 2 aromatic heterocycles. The van der Waals surface area contributed by atoms with Gasteiger partial charge < -0.3 is 0 Å². The molecule has 0 N–H and O–H groups in total. The van der Waals surface area contributed by atoms with Crippen LogP contribution in [0.1, 0.15) is 20.4 Å². The Hall–Kier alpha value is -1.35. The van der Waals surface area contributed by atoms with Gasteiger partial charge in [-0.25, -0.2) is 4.98 Å². The maximum Gasteiger partial charge on any atom is 0.443 e. The molecule has 0 atom stereocenters. The second-order valence-electron chi connectivity index (χ2n) is 2.65. The van der Waals surface area contributed by atoms with Crippen molar-refractivity contribution < 1.29 is 18.0 Å². The second-order valence-corrected chi connectivity index (χ2v) is 4.24. The number of ketones is 1. The standard InChI is InChI=1S/C7H2F3N3OS2/c8-7(9,10)6-11-2-4(15-6)5(14)3-1-12-16-13-3/h1-2H. The molecule has 0 aliphatic heterocycles. The Bertz CT molecular complexity index is 505. The van der Waals surface area contributed by atoms with E-state index in [1.807, 2.05) is 0 Å². The molecule has 0 saturated heterocycles. The fraction of sp³-hybridized carbons (Fsp3) is 0.143. The highest BCUT2D eigenvalue weighted by Gasteiger charge is 2.35. The van der Waals surface area contributed by atoms with Gasteiger partial charge in [0.1, 0.15) is 5.69 Å². The van der Waals surface area contributed by atoms with Crippen LogP contribution in [0.3, 0.4) is 0 Å². The van der Waals surface area contributed by atoms with Crippen molar-refractivity contribution in [1.82, 2.24) is 13.7 Å². The summed E-state index contributed by atoms with van der Waals surface area (Å²) < 4.78 is 43.9. The zero-order valence-corrected chi connectivity index (χ0v) is 8.99. The molecule has 0 aromatic carbocycles. The molecule has 0 aliphatic carbocycles. The predicted octanol–water partition coefficient (Wildman–Crippen LogP) is 2.24. The first-order valence-electron chi connectivity index (χ1n) is 3.84. The first kappa shape index (κ1) is 11.1. The quantitative estimate of drug-likeness (QED) is 0.781. The molecule has 2 rings (SSSR count). The van der Waals surface area contributed by atoms with Crippen LogP contribution in [-0.2, 0) is 6.18 Å². The van der Waals surface area contributed by atoms with Gasteiger partial charge in [-0.3, -0.25) is 4.79 Å². The van der Waals surface area contributed by atoms with Crippen LogP contribution in [0.4, 0.5) is 13.2 Å². The van der Waals surface area contributed by atoms with Crippen LogP contribution in [-0.4, -0.2) is 19.5 Å². The van der Waals surface area contributed by atoms with Gasteiger partial charge in [-0.1, -0.05) is 0 Å². The summed E-state index contributed by atoms with van der Waals surface area (Å²) in [6.07, 6.45) is -2.42. The highest BCUT2D eigenvalue weighted by Crippen LogP contribution is 2.32. The number of thiazole rings is 1. The molecule has 0 radical (unpaired) electrons. The summed E-state index contributed by atoms with van der Waals surface area (Å²) >= 11 is 1.11. The van der Waals surface area contributed by atoms with E-state index in [1.165, 1.54) is 6.20 Å². The van der Waals surface area contributed by atoms with Crippen LogP contribution in [0.15, 0.2) is 12.4 Å². The smallest absolute Gasteiger partial charge is 0.286 e. The minimum atomic E-state index is -4.52. The third-order valence-electron chi connectivity index (χ3n) is 1.57. The molecular formula is C7H2F3N3OS2. The lowest BCUT2D eigenvalue weighted by atomic mass is 10.3. The molecule has 0 spiro atoms. The molecule has 0 bridgehead atoms. The fourth-order valence-corrected chi connectivity index (χ4v) is 2.05. The van der Waals surface area contributed by atoms with Crippen molar-refractivity contribution in [3.63, 3.8) is 0 Å². The Balaban J connectivity index is 2.30. The Morgan fingerprint density at radius 2 is 2.06 bits per heavy atom. The molecule has 0 unspecified atom stereocenters. The summed E-state index contributed by atoms with van der Waals surface area (Å²) in [7, 11) is 0. The molecule has 4 nitrogen and oxygen atoms in total. The van der Waals surface area contributed by atoms with Crippen molar-refractivity contribution in [3.8, 4) is 0 Å². The lowest BCUT2D eigenvalue weighted by Crippen LogP contribution is -2.03. The van der Waals surface area contributed by atoms with E-state index >= 15 is 0 Å². The van der Waals surface area contributed by atoms with Crippen LogP contribution in [0.2, 0.25) is 0 Å². The summed E-state index contributed by atoms with van der Waals surface area (Å²) in [4.78, 5) is 14.6. The van der Waals surface area contributed by atoms with E-state index in [0.29, 0.717) is 11.3 Å². The van der Waals surface area contributed by atoms with Crippen LogP contribution in [0.5, 0.6) is 0 Å². The maximum absolute atomic E-state index is 12.2. The zero-order valence-electron chi connectivity index (χ0n) is 7.35. The van der Waals surface area contributed by atoms with Gasteiger partial charge in [0.25, 0.3) is 0 Å². The number of alkyl halides is 3. The van der Waals surface area contributed by atoms with Crippen molar-refractivity contribution in [2.45, 2.75) is 6.18 Å². The number of hydrogen-bond donors (Lipinski definition) is 0. The molecule has 9 heteroatoms. The van der Waals surface area contributed by atoms with E-state index in [0.717, 1.165) is 17.9 Å². The molecule has 0 amide bonds. The highest BCUT2D eigenvalue weighted by molar-refractivity contribution is 7.14. The molecular weight excluding hydrogens is 263 g/mol.